The molecule has 0 aromatic heterocycles. The Hall–Kier alpha value is -2.70. The van der Waals surface area contributed by atoms with E-state index >= 15 is 0 Å². The van der Waals surface area contributed by atoms with Gasteiger partial charge in [-0.15, -0.1) is 0 Å². The standard InChI is InChI=1S/C22H22ClN3O3/c1-15(26-21(28)17-7-3-4-8-18(17)22(26)29)20(27)25-12-10-24(11-13-25)14-16-6-2-5-9-19(16)23/h2-9,15H,10-14H2,1H3/p+1. The average Bonchev–Trinajstić information content (AvgIpc) is 3.00. The summed E-state index contributed by atoms with van der Waals surface area (Å²) in [6.45, 7) is 5.22. The molecule has 1 N–H and O–H groups in total. The van der Waals surface area contributed by atoms with Gasteiger partial charge in [-0.25, -0.2) is 0 Å². The Morgan fingerprint density at radius 3 is 2.14 bits per heavy atom. The molecule has 0 radical (unpaired) electrons. The Morgan fingerprint density at radius 2 is 1.55 bits per heavy atom. The molecule has 150 valence electrons. The van der Waals surface area contributed by atoms with Gasteiger partial charge in [0.1, 0.15) is 12.6 Å². The molecule has 0 aliphatic carbocycles. The minimum atomic E-state index is -0.812. The van der Waals surface area contributed by atoms with Crippen LogP contribution in [0.2, 0.25) is 5.02 Å². The molecule has 0 spiro atoms. The number of carbonyl (C=O) groups is 3. The van der Waals surface area contributed by atoms with E-state index in [1.54, 1.807) is 36.1 Å². The van der Waals surface area contributed by atoms with Crippen LogP contribution in [0.1, 0.15) is 33.2 Å². The third-order valence-electron chi connectivity index (χ3n) is 5.75. The first-order chi connectivity index (χ1) is 14.0. The molecular formula is C22H23ClN3O3+. The minimum absolute atomic E-state index is 0.184. The number of benzene rings is 2. The van der Waals surface area contributed by atoms with Crippen LogP contribution >= 0.6 is 11.6 Å². The van der Waals surface area contributed by atoms with Gasteiger partial charge in [-0.3, -0.25) is 19.3 Å². The van der Waals surface area contributed by atoms with Crippen molar-refractivity contribution in [3.63, 3.8) is 0 Å². The summed E-state index contributed by atoms with van der Waals surface area (Å²) >= 11 is 6.26. The van der Waals surface area contributed by atoms with Gasteiger partial charge in [0.05, 0.1) is 37.3 Å². The van der Waals surface area contributed by atoms with Gasteiger partial charge in [-0.05, 0) is 25.1 Å². The van der Waals surface area contributed by atoms with E-state index in [0.717, 1.165) is 35.1 Å². The zero-order chi connectivity index (χ0) is 20.5. The number of quaternary nitrogens is 1. The number of hydrogen-bond donors (Lipinski definition) is 1. The second kappa shape index (κ2) is 7.97. The normalized spacial score (nSPS) is 18.1. The summed E-state index contributed by atoms with van der Waals surface area (Å²) in [5, 5.41) is 0.762. The van der Waals surface area contributed by atoms with Crippen molar-refractivity contribution in [2.75, 3.05) is 26.2 Å². The Labute approximate surface area is 174 Å². The third-order valence-corrected chi connectivity index (χ3v) is 6.12. The Kier molecular flexibility index (Phi) is 5.39. The first-order valence-electron chi connectivity index (χ1n) is 9.80. The van der Waals surface area contributed by atoms with Crippen molar-refractivity contribution < 1.29 is 19.3 Å². The molecule has 1 saturated heterocycles. The first kappa shape index (κ1) is 19.6. The van der Waals surface area contributed by atoms with E-state index in [4.69, 9.17) is 11.6 Å². The van der Waals surface area contributed by atoms with Crippen molar-refractivity contribution in [3.8, 4) is 0 Å². The van der Waals surface area contributed by atoms with Crippen LogP contribution in [0.25, 0.3) is 0 Å². The van der Waals surface area contributed by atoms with Crippen LogP contribution in [-0.4, -0.2) is 59.7 Å². The number of imide groups is 1. The largest absolute Gasteiger partial charge is 0.330 e. The maximum Gasteiger partial charge on any atom is 0.262 e. The van der Waals surface area contributed by atoms with Crippen molar-refractivity contribution in [2.24, 2.45) is 0 Å². The van der Waals surface area contributed by atoms with E-state index in [2.05, 4.69) is 0 Å². The average molecular weight is 413 g/mol. The molecule has 1 atom stereocenters. The molecule has 6 nitrogen and oxygen atoms in total. The number of hydrogen-bond acceptors (Lipinski definition) is 3. The minimum Gasteiger partial charge on any atom is -0.330 e. The molecule has 2 aliphatic heterocycles. The van der Waals surface area contributed by atoms with E-state index in [-0.39, 0.29) is 5.91 Å². The second-order valence-corrected chi connectivity index (χ2v) is 7.95. The summed E-state index contributed by atoms with van der Waals surface area (Å²) in [5.41, 5.74) is 1.83. The summed E-state index contributed by atoms with van der Waals surface area (Å²) in [7, 11) is 0. The number of nitrogens with zero attached hydrogens (tertiary/aromatic N) is 2. The van der Waals surface area contributed by atoms with Crippen molar-refractivity contribution in [3.05, 3.63) is 70.2 Å². The lowest BCUT2D eigenvalue weighted by Gasteiger charge is -2.35. The predicted octanol–water partition coefficient (Wildman–Crippen LogP) is 1.25. The highest BCUT2D eigenvalue weighted by Crippen LogP contribution is 2.25. The molecule has 7 heteroatoms. The molecule has 3 amide bonds. The van der Waals surface area contributed by atoms with Crippen LogP contribution < -0.4 is 4.90 Å². The van der Waals surface area contributed by atoms with E-state index in [1.165, 1.54) is 4.90 Å². The molecule has 2 heterocycles. The summed E-state index contributed by atoms with van der Waals surface area (Å²) in [4.78, 5) is 42.5. The number of fused-ring (bicyclic) bond motifs is 1. The number of rotatable bonds is 4. The lowest BCUT2D eigenvalue weighted by molar-refractivity contribution is -0.917. The van der Waals surface area contributed by atoms with Gasteiger partial charge >= 0.3 is 0 Å². The molecule has 1 unspecified atom stereocenters. The van der Waals surface area contributed by atoms with Gasteiger partial charge in [0, 0.05) is 10.6 Å². The lowest BCUT2D eigenvalue weighted by atomic mass is 10.1. The first-order valence-corrected chi connectivity index (χ1v) is 10.2. The van der Waals surface area contributed by atoms with E-state index in [1.807, 2.05) is 24.3 Å². The van der Waals surface area contributed by atoms with Crippen LogP contribution in [-0.2, 0) is 11.3 Å². The SMILES string of the molecule is CC(C(=O)N1CC[NH+](Cc2ccccc2Cl)CC1)N1C(=O)c2ccccc2C1=O. The molecule has 4 rings (SSSR count). The number of amides is 3. The fourth-order valence-electron chi connectivity index (χ4n) is 4.07. The van der Waals surface area contributed by atoms with Gasteiger partial charge < -0.3 is 9.80 Å². The number of piperazine rings is 1. The number of halogens is 1. The molecule has 2 aromatic rings. The molecule has 29 heavy (non-hydrogen) atoms. The highest BCUT2D eigenvalue weighted by Gasteiger charge is 2.42. The van der Waals surface area contributed by atoms with E-state index < -0.39 is 17.9 Å². The monoisotopic (exact) mass is 412 g/mol. The molecule has 0 bridgehead atoms. The Bertz CT molecular complexity index is 934. The third kappa shape index (κ3) is 3.66. The fourth-order valence-corrected chi connectivity index (χ4v) is 4.27. The topological polar surface area (TPSA) is 62.1 Å². The van der Waals surface area contributed by atoms with Crippen LogP contribution in [0.5, 0.6) is 0 Å². The van der Waals surface area contributed by atoms with Crippen molar-refractivity contribution >= 4 is 29.3 Å². The predicted molar refractivity (Wildman–Crippen MR) is 109 cm³/mol. The number of carbonyl (C=O) groups excluding carboxylic acids is 3. The van der Waals surface area contributed by atoms with Gasteiger partial charge in [-0.1, -0.05) is 41.9 Å². The van der Waals surface area contributed by atoms with Crippen LogP contribution in [0.3, 0.4) is 0 Å². The smallest absolute Gasteiger partial charge is 0.262 e. The zero-order valence-corrected chi connectivity index (χ0v) is 17.0. The second-order valence-electron chi connectivity index (χ2n) is 7.55. The summed E-state index contributed by atoms with van der Waals surface area (Å²) in [6, 6.07) is 13.7. The summed E-state index contributed by atoms with van der Waals surface area (Å²) in [5.74, 6) is -0.972. The van der Waals surface area contributed by atoms with Crippen LogP contribution in [0, 0.1) is 0 Å². The zero-order valence-electron chi connectivity index (χ0n) is 16.2. The van der Waals surface area contributed by atoms with Gasteiger partial charge in [0.25, 0.3) is 11.8 Å². The maximum atomic E-state index is 13.0. The molecule has 0 saturated carbocycles. The molecule has 2 aliphatic rings. The lowest BCUT2D eigenvalue weighted by Crippen LogP contribution is -3.13. The molecule has 2 aromatic carbocycles. The Balaban J connectivity index is 1.38. The molecule has 1 fully saturated rings. The maximum absolute atomic E-state index is 13.0. The number of nitrogens with one attached hydrogen (secondary N) is 1. The quantitative estimate of drug-likeness (QED) is 0.769. The van der Waals surface area contributed by atoms with Crippen LogP contribution in [0.15, 0.2) is 48.5 Å². The summed E-state index contributed by atoms with van der Waals surface area (Å²) in [6.07, 6.45) is 0. The van der Waals surface area contributed by atoms with Gasteiger partial charge in [0.2, 0.25) is 5.91 Å². The van der Waals surface area contributed by atoms with Crippen LogP contribution in [0.4, 0.5) is 0 Å². The highest BCUT2D eigenvalue weighted by atomic mass is 35.5. The molecular weight excluding hydrogens is 390 g/mol. The van der Waals surface area contributed by atoms with Gasteiger partial charge in [0.15, 0.2) is 0 Å². The fraction of sp³-hybridized carbons (Fsp3) is 0.318. The Morgan fingerprint density at radius 1 is 1.00 bits per heavy atom. The summed E-state index contributed by atoms with van der Waals surface area (Å²) < 4.78 is 0. The highest BCUT2D eigenvalue weighted by molar-refractivity contribution is 6.31. The van der Waals surface area contributed by atoms with Gasteiger partial charge in [-0.2, -0.15) is 0 Å². The van der Waals surface area contributed by atoms with Crippen molar-refractivity contribution in [1.82, 2.24) is 9.80 Å². The van der Waals surface area contributed by atoms with E-state index in [0.29, 0.717) is 24.2 Å². The van der Waals surface area contributed by atoms with E-state index in [9.17, 15) is 14.4 Å². The van der Waals surface area contributed by atoms with Crippen molar-refractivity contribution in [2.45, 2.75) is 19.5 Å². The van der Waals surface area contributed by atoms with Crippen molar-refractivity contribution in [1.29, 1.82) is 0 Å².